The molecule has 212 valence electrons. The van der Waals surface area contributed by atoms with Crippen LogP contribution in [-0.2, 0) is 14.3 Å². The van der Waals surface area contributed by atoms with Gasteiger partial charge in [-0.1, -0.05) is 18.2 Å². The maximum absolute atomic E-state index is 14.0. The molecule has 3 aliphatic rings. The molecule has 1 unspecified atom stereocenters. The standard InChI is InChI=1S/C32H37NO7/c1-18-28(32(35)40-21-9-6-7-10-21)29(22-11-8-12-26(37-3)31(22)39-5)30-23(33-18)15-20(16-24(30)34)19-13-14-25(36-2)27(17-19)38-4/h8,11-14,17,20-21,28-29H,6-7,9-10,15-16H2,1-5H3/t20-,28?,29-/m1/s1. The number of nitrogens with zero attached hydrogens (tertiary/aromatic N) is 1. The molecule has 1 heterocycles. The minimum absolute atomic E-state index is 0.0363. The first-order chi connectivity index (χ1) is 19.4. The van der Waals surface area contributed by atoms with Gasteiger partial charge in [-0.15, -0.1) is 0 Å². The molecule has 1 fully saturated rings. The summed E-state index contributed by atoms with van der Waals surface area (Å²) in [5, 5.41) is 0. The summed E-state index contributed by atoms with van der Waals surface area (Å²) in [7, 11) is 6.34. The molecule has 2 aromatic rings. The molecule has 0 aromatic heterocycles. The molecule has 0 spiro atoms. The number of hydrogen-bond acceptors (Lipinski definition) is 8. The topological polar surface area (TPSA) is 92.7 Å². The van der Waals surface area contributed by atoms with E-state index in [1.807, 2.05) is 43.3 Å². The summed E-state index contributed by atoms with van der Waals surface area (Å²) < 4.78 is 28.3. The zero-order chi connectivity index (χ0) is 28.4. The van der Waals surface area contributed by atoms with Crippen LogP contribution in [0.1, 0.15) is 68.4 Å². The summed E-state index contributed by atoms with van der Waals surface area (Å²) >= 11 is 0. The van der Waals surface area contributed by atoms with Crippen molar-refractivity contribution in [2.24, 2.45) is 10.9 Å². The van der Waals surface area contributed by atoms with Crippen LogP contribution in [0, 0.1) is 5.92 Å². The van der Waals surface area contributed by atoms with Gasteiger partial charge in [0.05, 0.1) is 28.4 Å². The van der Waals surface area contributed by atoms with Gasteiger partial charge in [-0.25, -0.2) is 0 Å². The fourth-order valence-corrected chi connectivity index (χ4v) is 6.44. The number of carbonyl (C=O) groups excluding carboxylic acids is 2. The number of esters is 1. The average molecular weight is 548 g/mol. The highest BCUT2D eigenvalue weighted by Crippen LogP contribution is 2.50. The average Bonchev–Trinajstić information content (AvgIpc) is 3.48. The Morgan fingerprint density at radius 3 is 2.27 bits per heavy atom. The zero-order valence-electron chi connectivity index (χ0n) is 23.8. The molecule has 2 aliphatic carbocycles. The van der Waals surface area contributed by atoms with Crippen molar-refractivity contribution in [3.8, 4) is 23.0 Å². The molecule has 3 atom stereocenters. The number of rotatable bonds is 8. The van der Waals surface area contributed by atoms with Crippen molar-refractivity contribution in [1.29, 1.82) is 0 Å². The lowest BCUT2D eigenvalue weighted by Crippen LogP contribution is -2.39. The van der Waals surface area contributed by atoms with E-state index in [4.69, 9.17) is 28.7 Å². The Morgan fingerprint density at radius 1 is 0.875 bits per heavy atom. The van der Waals surface area contributed by atoms with Crippen LogP contribution in [0.15, 0.2) is 52.7 Å². The lowest BCUT2D eigenvalue weighted by Gasteiger charge is -2.37. The lowest BCUT2D eigenvalue weighted by molar-refractivity contribution is -0.151. The number of carbonyl (C=O) groups is 2. The minimum atomic E-state index is -0.734. The second kappa shape index (κ2) is 11.7. The van der Waals surface area contributed by atoms with Crippen LogP contribution in [0.3, 0.4) is 0 Å². The molecule has 0 radical (unpaired) electrons. The fourth-order valence-electron chi connectivity index (χ4n) is 6.44. The maximum atomic E-state index is 14.0. The maximum Gasteiger partial charge on any atom is 0.315 e. The van der Waals surface area contributed by atoms with Crippen LogP contribution in [0.5, 0.6) is 23.0 Å². The number of ether oxygens (including phenoxy) is 5. The van der Waals surface area contributed by atoms with Crippen LogP contribution in [0.25, 0.3) is 0 Å². The molecule has 0 saturated heterocycles. The van der Waals surface area contributed by atoms with E-state index in [-0.39, 0.29) is 30.2 Å². The number of Topliss-reactive ketones (excluding diaryl/α,β-unsaturated/α-hetero) is 1. The Balaban J connectivity index is 1.59. The van der Waals surface area contributed by atoms with Crippen molar-refractivity contribution >= 4 is 17.5 Å². The van der Waals surface area contributed by atoms with E-state index in [1.54, 1.807) is 28.4 Å². The first-order valence-corrected chi connectivity index (χ1v) is 13.8. The van der Waals surface area contributed by atoms with Gasteiger partial charge < -0.3 is 23.7 Å². The molecular formula is C32H37NO7. The Hall–Kier alpha value is -3.81. The number of methoxy groups -OCH3 is 4. The molecule has 1 aliphatic heterocycles. The molecule has 0 bridgehead atoms. The van der Waals surface area contributed by atoms with Crippen LogP contribution in [-0.4, -0.2) is 52.0 Å². The van der Waals surface area contributed by atoms with E-state index in [1.165, 1.54) is 0 Å². The summed E-state index contributed by atoms with van der Waals surface area (Å²) in [6, 6.07) is 11.3. The Morgan fingerprint density at radius 2 is 1.60 bits per heavy atom. The predicted molar refractivity (Wildman–Crippen MR) is 151 cm³/mol. The Bertz CT molecular complexity index is 1360. The summed E-state index contributed by atoms with van der Waals surface area (Å²) in [4.78, 5) is 32.7. The van der Waals surface area contributed by atoms with Gasteiger partial charge in [-0.2, -0.15) is 0 Å². The van der Waals surface area contributed by atoms with Gasteiger partial charge in [0.2, 0.25) is 0 Å². The molecule has 1 saturated carbocycles. The molecule has 8 heteroatoms. The third-order valence-electron chi connectivity index (χ3n) is 8.38. The van der Waals surface area contributed by atoms with Gasteiger partial charge >= 0.3 is 5.97 Å². The second-order valence-corrected chi connectivity index (χ2v) is 10.6. The van der Waals surface area contributed by atoms with Crippen molar-refractivity contribution in [3.05, 3.63) is 58.8 Å². The van der Waals surface area contributed by atoms with Crippen molar-refractivity contribution in [2.75, 3.05) is 28.4 Å². The smallest absolute Gasteiger partial charge is 0.315 e. The summed E-state index contributed by atoms with van der Waals surface area (Å²) in [5.41, 5.74) is 3.59. The van der Waals surface area contributed by atoms with Crippen molar-refractivity contribution in [3.63, 3.8) is 0 Å². The number of benzene rings is 2. The van der Waals surface area contributed by atoms with Gasteiger partial charge in [-0.05, 0) is 68.7 Å². The monoisotopic (exact) mass is 547 g/mol. The van der Waals surface area contributed by atoms with Gasteiger partial charge in [0, 0.05) is 34.9 Å². The Kier molecular flexibility index (Phi) is 8.14. The summed E-state index contributed by atoms with van der Waals surface area (Å²) in [5.74, 6) is 0.500. The molecular weight excluding hydrogens is 510 g/mol. The van der Waals surface area contributed by atoms with Crippen LogP contribution < -0.4 is 18.9 Å². The van der Waals surface area contributed by atoms with Crippen LogP contribution in [0.4, 0.5) is 0 Å². The van der Waals surface area contributed by atoms with Crippen molar-refractivity contribution in [1.82, 2.24) is 0 Å². The molecule has 2 aromatic carbocycles. The van der Waals surface area contributed by atoms with Crippen molar-refractivity contribution in [2.45, 2.75) is 63.4 Å². The van der Waals surface area contributed by atoms with Crippen LogP contribution in [0.2, 0.25) is 0 Å². The normalized spacial score (nSPS) is 22.9. The Labute approximate surface area is 235 Å². The number of aliphatic imine (C=N–C) groups is 1. The third-order valence-corrected chi connectivity index (χ3v) is 8.38. The minimum Gasteiger partial charge on any atom is -0.493 e. The van der Waals surface area contributed by atoms with Gasteiger partial charge in [0.25, 0.3) is 0 Å². The molecule has 0 amide bonds. The number of hydrogen-bond donors (Lipinski definition) is 0. The van der Waals surface area contributed by atoms with E-state index in [0.29, 0.717) is 46.4 Å². The second-order valence-electron chi connectivity index (χ2n) is 10.6. The first-order valence-electron chi connectivity index (χ1n) is 13.8. The number of allylic oxidation sites excluding steroid dienone is 2. The zero-order valence-corrected chi connectivity index (χ0v) is 23.8. The van der Waals surface area contributed by atoms with Gasteiger partial charge in [0.1, 0.15) is 12.0 Å². The highest BCUT2D eigenvalue weighted by atomic mass is 16.5. The van der Waals surface area contributed by atoms with E-state index in [2.05, 4.69) is 0 Å². The molecule has 0 N–H and O–H groups in total. The molecule has 8 nitrogen and oxygen atoms in total. The largest absolute Gasteiger partial charge is 0.493 e. The van der Waals surface area contributed by atoms with E-state index < -0.39 is 11.8 Å². The highest BCUT2D eigenvalue weighted by Gasteiger charge is 2.46. The number of ketones is 1. The summed E-state index contributed by atoms with van der Waals surface area (Å²) in [6.07, 6.45) is 4.57. The van der Waals surface area contributed by atoms with E-state index >= 15 is 0 Å². The van der Waals surface area contributed by atoms with Crippen molar-refractivity contribution < 1.29 is 33.3 Å². The van der Waals surface area contributed by atoms with Crippen LogP contribution >= 0.6 is 0 Å². The number of para-hydroxylation sites is 1. The highest BCUT2D eigenvalue weighted by molar-refractivity contribution is 6.09. The summed E-state index contributed by atoms with van der Waals surface area (Å²) in [6.45, 7) is 1.86. The SMILES string of the molecule is COc1ccc([C@H]2CC(=O)C3=C(C2)N=C(C)C(C(=O)OC2CCCC2)[C@H]3c2cccc(OC)c2OC)cc1OC. The lowest BCUT2D eigenvalue weighted by atomic mass is 9.69. The fraction of sp³-hybridized carbons (Fsp3) is 0.469. The van der Waals surface area contributed by atoms with Gasteiger partial charge in [-0.3, -0.25) is 14.6 Å². The quantitative estimate of drug-likeness (QED) is 0.387. The van der Waals surface area contributed by atoms with E-state index in [0.717, 1.165) is 36.8 Å². The molecule has 40 heavy (non-hydrogen) atoms. The van der Waals surface area contributed by atoms with Gasteiger partial charge in [0.15, 0.2) is 28.8 Å². The molecule has 5 rings (SSSR count). The van der Waals surface area contributed by atoms with E-state index in [9.17, 15) is 9.59 Å². The predicted octanol–water partition coefficient (Wildman–Crippen LogP) is 5.78. The third kappa shape index (κ3) is 5.07. The first kappa shape index (κ1) is 27.7.